The Morgan fingerprint density at radius 1 is 0.758 bits per heavy atom. The van der Waals surface area contributed by atoms with Gasteiger partial charge in [0.15, 0.2) is 0 Å². The predicted molar refractivity (Wildman–Crippen MR) is 140 cm³/mol. The van der Waals surface area contributed by atoms with Gasteiger partial charge in [0.25, 0.3) is 0 Å². The molecule has 0 bridgehead atoms. The van der Waals surface area contributed by atoms with Crippen LogP contribution in [0.2, 0.25) is 0 Å². The van der Waals surface area contributed by atoms with Gasteiger partial charge in [-0.3, -0.25) is 0 Å². The van der Waals surface area contributed by atoms with Gasteiger partial charge in [-0.05, 0) is 123 Å². The normalized spacial score (nSPS) is 29.0. The van der Waals surface area contributed by atoms with Crippen molar-refractivity contribution in [1.29, 1.82) is 0 Å². The van der Waals surface area contributed by atoms with Gasteiger partial charge >= 0.3 is 0 Å². The zero-order valence-electron chi connectivity index (χ0n) is 19.9. The molecule has 0 amide bonds. The van der Waals surface area contributed by atoms with Crippen molar-refractivity contribution in [2.45, 2.75) is 76.5 Å². The summed E-state index contributed by atoms with van der Waals surface area (Å²) in [4.78, 5) is 0. The van der Waals surface area contributed by atoms with Crippen molar-refractivity contribution in [2.24, 2.45) is 11.8 Å². The number of rotatable bonds is 4. The van der Waals surface area contributed by atoms with Crippen LogP contribution in [-0.2, 0) is 0 Å². The van der Waals surface area contributed by atoms with Gasteiger partial charge in [-0.1, -0.05) is 54.2 Å². The molecule has 0 fully saturated rings. The van der Waals surface area contributed by atoms with E-state index in [4.69, 9.17) is 0 Å². The molecule has 5 aliphatic carbocycles. The van der Waals surface area contributed by atoms with Crippen LogP contribution in [0.25, 0.3) is 0 Å². The lowest BCUT2D eigenvalue weighted by Gasteiger charge is -2.34. The average Bonchev–Trinajstić information content (AvgIpc) is 2.89. The summed E-state index contributed by atoms with van der Waals surface area (Å²) in [5.74, 6) is 1.97. The molecule has 0 saturated carbocycles. The van der Waals surface area contributed by atoms with Gasteiger partial charge in [0.2, 0.25) is 0 Å². The first-order valence-corrected chi connectivity index (χ1v) is 13.4. The summed E-state index contributed by atoms with van der Waals surface area (Å²) in [6.07, 6.45) is 31.0. The van der Waals surface area contributed by atoms with E-state index in [9.17, 15) is 0 Å². The number of nitrogens with one attached hydrogen (secondary N) is 1. The van der Waals surface area contributed by atoms with Crippen molar-refractivity contribution in [3.63, 3.8) is 0 Å². The van der Waals surface area contributed by atoms with Crippen LogP contribution in [0.15, 0.2) is 94.8 Å². The van der Waals surface area contributed by atoms with Crippen molar-refractivity contribution in [3.8, 4) is 0 Å². The molecule has 0 saturated heterocycles. The minimum absolute atomic E-state index is 0.569. The van der Waals surface area contributed by atoms with Crippen molar-refractivity contribution in [2.75, 3.05) is 5.32 Å². The molecule has 1 aromatic carbocycles. The second-order valence-electron chi connectivity index (χ2n) is 10.6. The quantitative estimate of drug-likeness (QED) is 0.498. The standard InChI is InChI=1S/C32H37N/c1-3-11-29-23(7-1)9-5-13-31(29)25-15-19-27(20-16-25)33-28-21-17-26(18-22-28)32-14-6-10-24-8-2-4-12-30(24)32/h1,7,9,14-17,19-22,26,29,31,33H,2-6,8,10-13,18H2. The summed E-state index contributed by atoms with van der Waals surface area (Å²) >= 11 is 0. The number of hydrogen-bond acceptors (Lipinski definition) is 1. The minimum Gasteiger partial charge on any atom is -0.356 e. The van der Waals surface area contributed by atoms with Crippen LogP contribution in [0.4, 0.5) is 5.69 Å². The van der Waals surface area contributed by atoms with E-state index in [1.54, 1.807) is 22.3 Å². The van der Waals surface area contributed by atoms with Gasteiger partial charge in [0.05, 0.1) is 0 Å². The molecule has 1 aromatic rings. The van der Waals surface area contributed by atoms with E-state index >= 15 is 0 Å². The molecule has 6 rings (SSSR count). The molecule has 0 heterocycles. The highest BCUT2D eigenvalue weighted by Gasteiger charge is 2.29. The number of hydrogen-bond donors (Lipinski definition) is 1. The predicted octanol–water partition coefficient (Wildman–Crippen LogP) is 8.92. The van der Waals surface area contributed by atoms with Gasteiger partial charge in [-0.2, -0.15) is 0 Å². The fourth-order valence-corrected chi connectivity index (χ4v) is 6.88. The lowest BCUT2D eigenvalue weighted by Crippen LogP contribution is -2.20. The Kier molecular flexibility index (Phi) is 5.97. The summed E-state index contributed by atoms with van der Waals surface area (Å²) < 4.78 is 0. The van der Waals surface area contributed by atoms with Crippen LogP contribution in [0, 0.1) is 11.8 Å². The van der Waals surface area contributed by atoms with Gasteiger partial charge in [0.1, 0.15) is 0 Å². The molecule has 1 N–H and O–H groups in total. The summed E-state index contributed by atoms with van der Waals surface area (Å²) in [6.45, 7) is 0. The average molecular weight is 436 g/mol. The SMILES string of the molecule is C1=CC2=CCCC(c3ccc(NC4=CCC(C5=CCCC6=C5CCCC6)C=C4)cc3)C2CC1. The van der Waals surface area contributed by atoms with Crippen LogP contribution in [0.5, 0.6) is 0 Å². The van der Waals surface area contributed by atoms with E-state index in [1.807, 2.05) is 0 Å². The molecular formula is C32H37N. The topological polar surface area (TPSA) is 12.0 Å². The van der Waals surface area contributed by atoms with E-state index in [0.29, 0.717) is 11.8 Å². The molecule has 3 unspecified atom stereocenters. The molecule has 1 heteroatoms. The first-order chi connectivity index (χ1) is 16.3. The second-order valence-corrected chi connectivity index (χ2v) is 10.6. The highest BCUT2D eigenvalue weighted by molar-refractivity contribution is 5.54. The third-order valence-electron chi connectivity index (χ3n) is 8.59. The van der Waals surface area contributed by atoms with Crippen molar-refractivity contribution in [1.82, 2.24) is 0 Å². The monoisotopic (exact) mass is 435 g/mol. The summed E-state index contributed by atoms with van der Waals surface area (Å²) in [5, 5.41) is 3.67. The summed E-state index contributed by atoms with van der Waals surface area (Å²) in [6, 6.07) is 9.31. The smallest absolute Gasteiger partial charge is 0.0384 e. The Balaban J connectivity index is 1.10. The molecule has 0 aromatic heterocycles. The fourth-order valence-electron chi connectivity index (χ4n) is 6.88. The van der Waals surface area contributed by atoms with Gasteiger partial charge in [0, 0.05) is 17.3 Å². The van der Waals surface area contributed by atoms with Crippen LogP contribution >= 0.6 is 0 Å². The first kappa shape index (κ1) is 21.0. The Labute approximate surface area is 199 Å². The maximum atomic E-state index is 3.67. The molecule has 0 aliphatic heterocycles. The largest absolute Gasteiger partial charge is 0.356 e. The fraction of sp³-hybridized carbons (Fsp3) is 0.438. The maximum Gasteiger partial charge on any atom is 0.0384 e. The van der Waals surface area contributed by atoms with Crippen LogP contribution < -0.4 is 5.32 Å². The van der Waals surface area contributed by atoms with Gasteiger partial charge < -0.3 is 5.32 Å². The van der Waals surface area contributed by atoms with E-state index in [-0.39, 0.29) is 0 Å². The molecule has 170 valence electrons. The first-order valence-electron chi connectivity index (χ1n) is 13.4. The maximum absolute atomic E-state index is 3.67. The summed E-state index contributed by atoms with van der Waals surface area (Å²) in [5.41, 5.74) is 10.7. The zero-order valence-corrected chi connectivity index (χ0v) is 19.9. The van der Waals surface area contributed by atoms with Crippen LogP contribution in [0.3, 0.4) is 0 Å². The molecule has 0 radical (unpaired) electrons. The number of anilines is 1. The van der Waals surface area contributed by atoms with Gasteiger partial charge in [-0.25, -0.2) is 0 Å². The molecule has 1 nitrogen and oxygen atoms in total. The Bertz CT molecular complexity index is 1070. The van der Waals surface area contributed by atoms with Crippen molar-refractivity contribution < 1.29 is 0 Å². The lowest BCUT2D eigenvalue weighted by atomic mass is 9.71. The number of benzene rings is 1. The molecule has 5 aliphatic rings. The molecule has 0 spiro atoms. The number of allylic oxidation sites excluding steroid dienone is 11. The van der Waals surface area contributed by atoms with Crippen LogP contribution in [0.1, 0.15) is 82.1 Å². The minimum atomic E-state index is 0.569. The van der Waals surface area contributed by atoms with Crippen molar-refractivity contribution in [3.05, 3.63) is 100 Å². The van der Waals surface area contributed by atoms with Crippen LogP contribution in [-0.4, -0.2) is 0 Å². The Morgan fingerprint density at radius 3 is 2.52 bits per heavy atom. The van der Waals surface area contributed by atoms with E-state index in [2.05, 4.69) is 72.1 Å². The van der Waals surface area contributed by atoms with E-state index in [1.165, 1.54) is 81.2 Å². The molecule has 3 atom stereocenters. The third kappa shape index (κ3) is 4.35. The van der Waals surface area contributed by atoms with Crippen molar-refractivity contribution >= 4 is 5.69 Å². The zero-order chi connectivity index (χ0) is 22.0. The van der Waals surface area contributed by atoms with Gasteiger partial charge in [-0.15, -0.1) is 0 Å². The second kappa shape index (κ2) is 9.37. The number of fused-ring (bicyclic) bond motifs is 1. The molecule has 33 heavy (non-hydrogen) atoms. The third-order valence-corrected chi connectivity index (χ3v) is 8.59. The Hall–Kier alpha value is -2.54. The summed E-state index contributed by atoms with van der Waals surface area (Å²) in [7, 11) is 0. The Morgan fingerprint density at radius 2 is 1.64 bits per heavy atom. The highest BCUT2D eigenvalue weighted by Crippen LogP contribution is 2.44. The highest BCUT2D eigenvalue weighted by atomic mass is 14.9. The lowest BCUT2D eigenvalue weighted by molar-refractivity contribution is 0.413. The molecular weight excluding hydrogens is 398 g/mol. The van der Waals surface area contributed by atoms with E-state index in [0.717, 1.165) is 12.3 Å². The van der Waals surface area contributed by atoms with E-state index < -0.39 is 0 Å².